The highest BCUT2D eigenvalue weighted by Gasteiger charge is 2.47. The third-order valence-corrected chi connectivity index (χ3v) is 21.2. The smallest absolute Gasteiger partial charge is 0.327 e. The van der Waals surface area contributed by atoms with Gasteiger partial charge in [-0.25, -0.2) is 9.78 Å². The Hall–Kier alpha value is -9.46. The van der Waals surface area contributed by atoms with Gasteiger partial charge in [-0.3, -0.25) is 76.9 Å². The molecule has 4 heterocycles. The van der Waals surface area contributed by atoms with E-state index in [2.05, 4.69) is 86.1 Å². The molecule has 41 nitrogen and oxygen atoms in total. The highest BCUT2D eigenvalue weighted by atomic mass is 32.2. The molecule has 0 bridgehead atoms. The van der Waals surface area contributed by atoms with Crippen molar-refractivity contribution in [2.24, 2.45) is 51.6 Å². The molecule has 15 amide bonds. The van der Waals surface area contributed by atoms with Crippen LogP contribution in [-0.2, 0) is 83.1 Å². The van der Waals surface area contributed by atoms with Crippen molar-refractivity contribution < 1.29 is 97.1 Å². The molecular formula is C72H121N21O20S2. The van der Waals surface area contributed by atoms with E-state index in [1.807, 2.05) is 13.8 Å². The zero-order valence-electron chi connectivity index (χ0n) is 67.3. The molecule has 0 aliphatic carbocycles. The standard InChI is InChI=1S/C72H121N21O20S2/c1-13-36(8)53(87-63(104)50(74)33(2)3)69(110)93-26-17-21-48(93)68(109)91-24-15-19-46(91)61(102)83-43(28-40-30-77-32-79-40)59(100)90-56(39(11)96)70(111)92-25-16-20-47(92)62(103)85-51(34(4)5)64(105)80-41(18-14-23-78-72(75)76)58(99)88-55(38(10)95)67(108)86-52(35(6)7)65(106)81-42(22-27-115-12)57(98)82-44(29-49(73)97)60(101)89-54(37(9)94)66(107)84-45(31-114)71(112)113/h30,32-39,41-48,50-56,94-96,114H,13-29,31,74H2,1-12H3,(H2,73,97)(H,77,79)(H,80,105)(H,81,106)(H,82,98)(H,83,102)(H,84,107)(H,85,103)(H,86,108)(H,87,104)(H,88,99)(H,89,101)(H,90,100)(H,112,113)(H4,75,76,78)/t36-,37+,38+,39+,41-,42-,43-,44-,45-,46-,47-,48-,50-,51-,52-,53-,54-,55-,56-/m0/s1. The van der Waals surface area contributed by atoms with Crippen LogP contribution in [0, 0.1) is 23.7 Å². The lowest BCUT2D eigenvalue weighted by Gasteiger charge is -2.35. The number of nitrogens with two attached hydrogens (primary N) is 4. The summed E-state index contributed by atoms with van der Waals surface area (Å²) in [4.78, 5) is 238. The van der Waals surface area contributed by atoms with Crippen LogP contribution in [0.2, 0.25) is 0 Å². The molecule has 0 radical (unpaired) electrons. The maximum absolute atomic E-state index is 14.7. The van der Waals surface area contributed by atoms with Gasteiger partial charge in [-0.05, 0) is 114 Å². The number of aliphatic imine (C=N–C) groups is 1. The number of aliphatic carboxylic acids is 1. The Labute approximate surface area is 678 Å². The molecule has 24 N–H and O–H groups in total. The SMILES string of the molecule is CC[C@H](C)[C@H](NC(=O)[C@@H](N)C(C)C)C(=O)N1CCC[C@H]1C(=O)N1CCC[C@H]1C(=O)N[C@@H](Cc1cnc[nH]1)C(=O)N[C@H](C(=O)N1CCC[C@H]1C(=O)N[C@H](C(=O)N[C@@H](CCCN=C(N)N)C(=O)N[C@H](C(=O)N[C@H](C(=O)N[C@@H](CCSC)C(=O)N[C@@H](CC(N)=O)C(=O)N[C@H](C(=O)N[C@@H](CS)C(=O)O)[C@@H](C)O)C(C)C)[C@@H](C)O)C(C)C)[C@@H](C)O. The number of H-pyrrole nitrogens is 1. The number of nitrogens with one attached hydrogen (secondary N) is 12. The highest BCUT2D eigenvalue weighted by Crippen LogP contribution is 2.28. The third kappa shape index (κ3) is 29.0. The summed E-state index contributed by atoms with van der Waals surface area (Å²) in [5, 5.41) is 69.7. The number of rotatable bonds is 46. The van der Waals surface area contributed by atoms with E-state index in [4.69, 9.17) is 22.9 Å². The van der Waals surface area contributed by atoms with Gasteiger partial charge in [0.25, 0.3) is 0 Å². The Morgan fingerprint density at radius 3 is 1.44 bits per heavy atom. The van der Waals surface area contributed by atoms with Gasteiger partial charge in [0.2, 0.25) is 88.6 Å². The van der Waals surface area contributed by atoms with Crippen molar-refractivity contribution in [1.29, 1.82) is 0 Å². The van der Waals surface area contributed by atoms with Gasteiger partial charge in [0.1, 0.15) is 84.6 Å². The van der Waals surface area contributed by atoms with Crippen LogP contribution in [0.3, 0.4) is 0 Å². The zero-order valence-corrected chi connectivity index (χ0v) is 69.0. The van der Waals surface area contributed by atoms with Crippen molar-refractivity contribution in [3.8, 4) is 0 Å². The summed E-state index contributed by atoms with van der Waals surface area (Å²) in [5.74, 6) is -17.6. The molecular weight excluding hydrogens is 1540 g/mol. The fourth-order valence-corrected chi connectivity index (χ4v) is 13.9. The first-order chi connectivity index (χ1) is 54.0. The minimum Gasteiger partial charge on any atom is -0.480 e. The number of hydrogen-bond donors (Lipinski definition) is 21. The number of aromatic amines is 1. The summed E-state index contributed by atoms with van der Waals surface area (Å²) in [5.41, 5.74) is 23.1. The Balaban J connectivity index is 1.53. The van der Waals surface area contributed by atoms with E-state index in [1.54, 1.807) is 34.0 Å². The fourth-order valence-electron chi connectivity index (χ4n) is 13.2. The summed E-state index contributed by atoms with van der Waals surface area (Å²) in [7, 11) is 0. The molecule has 1 aromatic rings. The number of amides is 15. The Bertz CT molecular complexity index is 3570. The number of thiol groups is 1. The van der Waals surface area contributed by atoms with Crippen LogP contribution in [0.4, 0.5) is 0 Å². The second-order valence-electron chi connectivity index (χ2n) is 30.4. The predicted molar refractivity (Wildman–Crippen MR) is 423 cm³/mol. The number of thioether (sulfide) groups is 1. The number of carbonyl (C=O) groups is 16. The molecule has 0 unspecified atom stereocenters. The van der Waals surface area contributed by atoms with Gasteiger partial charge in [0, 0.05) is 50.2 Å². The number of aromatic nitrogens is 2. The normalized spacial score (nSPS) is 19.6. The van der Waals surface area contributed by atoms with E-state index in [0.717, 1.165) is 18.7 Å². The van der Waals surface area contributed by atoms with Crippen molar-refractivity contribution in [2.45, 2.75) is 262 Å². The Morgan fingerprint density at radius 1 is 0.530 bits per heavy atom. The van der Waals surface area contributed by atoms with Crippen LogP contribution in [-0.4, -0.2) is 299 Å². The summed E-state index contributed by atoms with van der Waals surface area (Å²) in [6, 6.07) is -21.6. The number of primary amides is 1. The van der Waals surface area contributed by atoms with Crippen molar-refractivity contribution in [2.75, 3.05) is 43.9 Å². The molecule has 3 aliphatic heterocycles. The molecule has 646 valence electrons. The summed E-state index contributed by atoms with van der Waals surface area (Å²) in [6.07, 6.45) is 0.120. The molecule has 3 saturated heterocycles. The summed E-state index contributed by atoms with van der Waals surface area (Å²) < 4.78 is 0. The van der Waals surface area contributed by atoms with E-state index in [0.29, 0.717) is 25.0 Å². The van der Waals surface area contributed by atoms with Crippen molar-refractivity contribution in [1.82, 2.24) is 83.2 Å². The lowest BCUT2D eigenvalue weighted by Crippen LogP contribution is -2.63. The molecule has 115 heavy (non-hydrogen) atoms. The van der Waals surface area contributed by atoms with Crippen molar-refractivity contribution >= 4 is 125 Å². The first-order valence-electron chi connectivity index (χ1n) is 38.7. The lowest BCUT2D eigenvalue weighted by atomic mass is 9.96. The minimum absolute atomic E-state index is 0.0141. The second kappa shape index (κ2) is 46.9. The molecule has 0 aromatic carbocycles. The van der Waals surface area contributed by atoms with Crippen LogP contribution >= 0.6 is 24.4 Å². The number of aliphatic hydroxyl groups is 3. The van der Waals surface area contributed by atoms with E-state index in [9.17, 15) is 97.1 Å². The van der Waals surface area contributed by atoms with Crippen LogP contribution in [0.1, 0.15) is 152 Å². The highest BCUT2D eigenvalue weighted by molar-refractivity contribution is 7.98. The van der Waals surface area contributed by atoms with Crippen molar-refractivity contribution in [3.05, 3.63) is 18.2 Å². The Kier molecular flexibility index (Phi) is 40.0. The maximum atomic E-state index is 14.7. The molecule has 4 rings (SSSR count). The minimum atomic E-state index is -1.87. The van der Waals surface area contributed by atoms with Gasteiger partial charge < -0.3 is 122 Å². The zero-order chi connectivity index (χ0) is 86.6. The van der Waals surface area contributed by atoms with Crippen LogP contribution < -0.4 is 81.4 Å². The van der Waals surface area contributed by atoms with Crippen molar-refractivity contribution in [3.63, 3.8) is 0 Å². The average Bonchev–Trinajstić information content (AvgIpc) is 1.68. The lowest BCUT2D eigenvalue weighted by molar-refractivity contribution is -0.149. The largest absolute Gasteiger partial charge is 0.480 e. The number of nitrogens with zero attached hydrogens (tertiary/aromatic N) is 5. The molecule has 3 fully saturated rings. The summed E-state index contributed by atoms with van der Waals surface area (Å²) in [6.45, 7) is 17.1. The number of hydrogen-bond acceptors (Lipinski definition) is 24. The molecule has 3 aliphatic rings. The van der Waals surface area contributed by atoms with Gasteiger partial charge >= 0.3 is 5.97 Å². The number of aliphatic hydroxyl groups excluding tert-OH is 3. The van der Waals surface area contributed by atoms with Gasteiger partial charge in [0.15, 0.2) is 5.96 Å². The number of likely N-dealkylation sites (tertiary alicyclic amines) is 3. The number of carbonyl (C=O) groups excluding carboxylic acids is 15. The molecule has 0 spiro atoms. The second-order valence-corrected chi connectivity index (χ2v) is 31.7. The number of guanidine groups is 1. The molecule has 0 saturated carbocycles. The van der Waals surface area contributed by atoms with Gasteiger partial charge in [-0.2, -0.15) is 24.4 Å². The van der Waals surface area contributed by atoms with E-state index in [-0.39, 0.29) is 107 Å². The first-order valence-corrected chi connectivity index (χ1v) is 40.7. The fraction of sp³-hybridized carbons (Fsp3) is 0.722. The monoisotopic (exact) mass is 1660 g/mol. The topological polar surface area (TPSA) is 641 Å². The number of imidazole rings is 1. The molecule has 43 heteroatoms. The quantitative estimate of drug-likeness (QED) is 0.0125. The van der Waals surface area contributed by atoms with Crippen LogP contribution in [0.25, 0.3) is 0 Å². The van der Waals surface area contributed by atoms with Gasteiger partial charge in [-0.1, -0.05) is 61.8 Å². The van der Waals surface area contributed by atoms with Crippen LogP contribution in [0.15, 0.2) is 17.5 Å². The maximum Gasteiger partial charge on any atom is 0.327 e. The number of carboxylic acid groups (broad SMARTS) is 1. The Morgan fingerprint density at radius 2 is 0.957 bits per heavy atom. The van der Waals surface area contributed by atoms with Gasteiger partial charge in [-0.15, -0.1) is 0 Å². The third-order valence-electron chi connectivity index (χ3n) is 20.2. The number of carboxylic acids is 1. The predicted octanol–water partition coefficient (Wildman–Crippen LogP) is -6.56. The van der Waals surface area contributed by atoms with E-state index in [1.165, 1.54) is 54.9 Å². The average molecular weight is 1670 g/mol. The van der Waals surface area contributed by atoms with E-state index < -0.39 is 222 Å². The van der Waals surface area contributed by atoms with E-state index >= 15 is 0 Å². The first kappa shape index (κ1) is 97.9. The molecule has 19 atom stereocenters. The van der Waals surface area contributed by atoms with Crippen LogP contribution in [0.5, 0.6) is 0 Å². The van der Waals surface area contributed by atoms with Gasteiger partial charge in [0.05, 0.1) is 37.1 Å². The summed E-state index contributed by atoms with van der Waals surface area (Å²) >= 11 is 5.13. The molecule has 1 aromatic heterocycles.